The molecule has 0 spiro atoms. The zero-order valence-electron chi connectivity index (χ0n) is 12.3. The number of nitrogen functional groups attached to an aromatic ring is 1. The number of ether oxygens (including phenoxy) is 1. The minimum Gasteiger partial charge on any atom is -0.496 e. The molecule has 0 aliphatic rings. The van der Waals surface area contributed by atoms with Gasteiger partial charge in [-0.25, -0.2) is 18.7 Å². The van der Waals surface area contributed by atoms with Gasteiger partial charge < -0.3 is 10.5 Å². The van der Waals surface area contributed by atoms with Gasteiger partial charge in [0.2, 0.25) is 10.9 Å². The van der Waals surface area contributed by atoms with Crippen molar-refractivity contribution >= 4 is 22.4 Å². The molecule has 6 nitrogen and oxygen atoms in total. The van der Waals surface area contributed by atoms with Crippen molar-refractivity contribution in [2.75, 3.05) is 18.6 Å². The molecule has 0 unspecified atom stereocenters. The molecule has 0 saturated heterocycles. The van der Waals surface area contributed by atoms with E-state index in [9.17, 15) is 17.8 Å². The highest BCUT2D eigenvalue weighted by molar-refractivity contribution is 7.84. The number of rotatable bonds is 5. The summed E-state index contributed by atoms with van der Waals surface area (Å²) in [4.78, 5) is 20.0. The fourth-order valence-electron chi connectivity index (χ4n) is 1.84. The summed E-state index contributed by atoms with van der Waals surface area (Å²) in [6.07, 6.45) is 1.04. The third-order valence-corrected chi connectivity index (χ3v) is 4.14. The van der Waals surface area contributed by atoms with Crippen molar-refractivity contribution in [3.63, 3.8) is 0 Å². The molecule has 122 valence electrons. The third kappa shape index (κ3) is 3.19. The van der Waals surface area contributed by atoms with Crippen LogP contribution in [0.4, 0.5) is 14.6 Å². The van der Waals surface area contributed by atoms with Crippen LogP contribution in [0.5, 0.6) is 5.75 Å². The van der Waals surface area contributed by atoms with E-state index in [0.717, 1.165) is 18.3 Å². The van der Waals surface area contributed by atoms with E-state index in [1.165, 1.54) is 7.11 Å². The van der Waals surface area contributed by atoms with E-state index in [0.29, 0.717) is 0 Å². The number of nitrogens with two attached hydrogens (primary N) is 1. The molecule has 23 heavy (non-hydrogen) atoms. The summed E-state index contributed by atoms with van der Waals surface area (Å²) in [7, 11) is -0.234. The molecule has 1 aromatic heterocycles. The molecule has 0 fully saturated rings. The number of nitrogens with zero attached hydrogens (tertiary/aromatic N) is 2. The van der Waals surface area contributed by atoms with E-state index >= 15 is 0 Å². The molecule has 2 rings (SSSR count). The molecular formula is C14H13F2N3O3S. The Morgan fingerprint density at radius 2 is 2.09 bits per heavy atom. The van der Waals surface area contributed by atoms with Crippen molar-refractivity contribution in [3.8, 4) is 5.75 Å². The van der Waals surface area contributed by atoms with E-state index in [1.807, 2.05) is 0 Å². The number of ketones is 1. The number of benzene rings is 1. The van der Waals surface area contributed by atoms with Gasteiger partial charge in [-0.1, -0.05) is 6.92 Å². The van der Waals surface area contributed by atoms with Gasteiger partial charge in [0.1, 0.15) is 17.1 Å². The average Bonchev–Trinajstić information content (AvgIpc) is 2.55. The minimum absolute atomic E-state index is 0.0340. The summed E-state index contributed by atoms with van der Waals surface area (Å²) in [5, 5.41) is -0.0340. The van der Waals surface area contributed by atoms with Crippen molar-refractivity contribution in [3.05, 3.63) is 41.1 Å². The van der Waals surface area contributed by atoms with Gasteiger partial charge in [0.15, 0.2) is 11.6 Å². The Morgan fingerprint density at radius 1 is 1.39 bits per heavy atom. The molecule has 0 radical (unpaired) electrons. The number of hydrogen-bond donors (Lipinski definition) is 1. The maximum Gasteiger partial charge on any atom is 0.220 e. The van der Waals surface area contributed by atoms with Gasteiger partial charge in [0.05, 0.1) is 23.5 Å². The van der Waals surface area contributed by atoms with E-state index in [2.05, 4.69) is 9.97 Å². The predicted molar refractivity (Wildman–Crippen MR) is 79.7 cm³/mol. The second-order valence-corrected chi connectivity index (χ2v) is 5.99. The highest BCUT2D eigenvalue weighted by Crippen LogP contribution is 2.27. The highest BCUT2D eigenvalue weighted by Gasteiger charge is 2.25. The Labute approximate surface area is 133 Å². The number of carbonyl (C=O) groups is 1. The number of halogens is 2. The Bertz CT molecular complexity index is 799. The topological polar surface area (TPSA) is 95.2 Å². The van der Waals surface area contributed by atoms with Gasteiger partial charge in [-0.3, -0.25) is 9.00 Å². The summed E-state index contributed by atoms with van der Waals surface area (Å²) in [5.41, 5.74) is 4.83. The molecule has 0 aliphatic carbocycles. The van der Waals surface area contributed by atoms with Crippen LogP contribution in [0, 0.1) is 11.6 Å². The average molecular weight is 341 g/mol. The number of methoxy groups -OCH3 is 1. The third-order valence-electron chi connectivity index (χ3n) is 3.01. The Morgan fingerprint density at radius 3 is 2.65 bits per heavy atom. The lowest BCUT2D eigenvalue weighted by Gasteiger charge is -2.10. The monoisotopic (exact) mass is 341 g/mol. The molecule has 2 N–H and O–H groups in total. The predicted octanol–water partition coefficient (Wildman–Crippen LogP) is 1.70. The molecule has 1 heterocycles. The molecule has 2 aromatic rings. The fourth-order valence-corrected chi connectivity index (χ4v) is 2.47. The van der Waals surface area contributed by atoms with Crippen LogP contribution in [-0.4, -0.2) is 32.8 Å². The van der Waals surface area contributed by atoms with Crippen molar-refractivity contribution in [2.24, 2.45) is 0 Å². The second-order valence-electron chi connectivity index (χ2n) is 4.35. The quantitative estimate of drug-likeness (QED) is 0.657. The largest absolute Gasteiger partial charge is 0.496 e. The molecule has 0 saturated carbocycles. The first-order valence-corrected chi connectivity index (χ1v) is 7.80. The number of aromatic nitrogens is 2. The Kier molecular flexibility index (Phi) is 4.99. The van der Waals surface area contributed by atoms with Crippen LogP contribution in [0.15, 0.2) is 23.5 Å². The Hall–Kier alpha value is -2.42. The van der Waals surface area contributed by atoms with E-state index in [-0.39, 0.29) is 28.0 Å². The van der Waals surface area contributed by atoms with E-state index in [1.54, 1.807) is 6.92 Å². The minimum atomic E-state index is -1.45. The molecule has 0 amide bonds. The van der Waals surface area contributed by atoms with Crippen LogP contribution in [-0.2, 0) is 10.8 Å². The molecule has 1 atom stereocenters. The summed E-state index contributed by atoms with van der Waals surface area (Å²) in [5.74, 6) is -3.61. The SMILES string of the molecule is CC[S@](=O)c1ncc(C(=O)c2c(OC)ccc(F)c2F)c(N)n1. The van der Waals surface area contributed by atoms with E-state index < -0.39 is 33.8 Å². The van der Waals surface area contributed by atoms with Gasteiger partial charge >= 0.3 is 0 Å². The summed E-state index contributed by atoms with van der Waals surface area (Å²) in [6, 6.07) is 1.97. The van der Waals surface area contributed by atoms with E-state index in [4.69, 9.17) is 10.5 Å². The number of anilines is 1. The molecular weight excluding hydrogens is 328 g/mol. The van der Waals surface area contributed by atoms with Gasteiger partial charge in [0, 0.05) is 11.9 Å². The first kappa shape index (κ1) is 16.9. The summed E-state index contributed by atoms with van der Waals surface area (Å²) >= 11 is 0. The van der Waals surface area contributed by atoms with Crippen molar-refractivity contribution in [2.45, 2.75) is 12.1 Å². The molecule has 0 bridgehead atoms. The lowest BCUT2D eigenvalue weighted by Crippen LogP contribution is -2.14. The highest BCUT2D eigenvalue weighted by atomic mass is 32.2. The zero-order chi connectivity index (χ0) is 17.1. The maximum atomic E-state index is 14.0. The Balaban J connectivity index is 2.54. The van der Waals surface area contributed by atoms with Crippen LogP contribution in [0.3, 0.4) is 0 Å². The van der Waals surface area contributed by atoms with Crippen LogP contribution in [0.25, 0.3) is 0 Å². The van der Waals surface area contributed by atoms with Crippen LogP contribution in [0.1, 0.15) is 22.8 Å². The number of hydrogen-bond acceptors (Lipinski definition) is 6. The lowest BCUT2D eigenvalue weighted by atomic mass is 10.0. The second kappa shape index (κ2) is 6.78. The normalized spacial score (nSPS) is 12.0. The first-order valence-electron chi connectivity index (χ1n) is 6.48. The van der Waals surface area contributed by atoms with Crippen LogP contribution in [0.2, 0.25) is 0 Å². The summed E-state index contributed by atoms with van der Waals surface area (Å²) in [6.45, 7) is 1.67. The van der Waals surface area contributed by atoms with Gasteiger partial charge in [-0.05, 0) is 12.1 Å². The number of carbonyl (C=O) groups excluding carboxylic acids is 1. The fraction of sp³-hybridized carbons (Fsp3) is 0.214. The lowest BCUT2D eigenvalue weighted by molar-refractivity contribution is 0.103. The van der Waals surface area contributed by atoms with Gasteiger partial charge in [0.25, 0.3) is 0 Å². The zero-order valence-corrected chi connectivity index (χ0v) is 13.1. The smallest absolute Gasteiger partial charge is 0.220 e. The maximum absolute atomic E-state index is 14.0. The first-order chi connectivity index (χ1) is 10.9. The standard InChI is InChI=1S/C14H13F2N3O3S/c1-3-23(21)14-18-6-7(13(17)19-14)12(20)10-9(22-2)5-4-8(15)11(10)16/h4-6H,3H2,1-2H3,(H2,17,18,19)/t23-/m0/s1. The summed E-state index contributed by atoms with van der Waals surface area (Å²) < 4.78 is 43.9. The molecule has 1 aromatic carbocycles. The molecule has 0 aliphatic heterocycles. The van der Waals surface area contributed by atoms with Crippen molar-refractivity contribution < 1.29 is 22.5 Å². The van der Waals surface area contributed by atoms with Crippen molar-refractivity contribution in [1.82, 2.24) is 9.97 Å². The van der Waals surface area contributed by atoms with Crippen molar-refractivity contribution in [1.29, 1.82) is 0 Å². The van der Waals surface area contributed by atoms with Gasteiger partial charge in [-0.2, -0.15) is 0 Å². The molecule has 9 heteroatoms. The van der Waals surface area contributed by atoms with Crippen LogP contribution >= 0.6 is 0 Å². The van der Waals surface area contributed by atoms with Crippen LogP contribution < -0.4 is 10.5 Å². The van der Waals surface area contributed by atoms with Gasteiger partial charge in [-0.15, -0.1) is 0 Å².